The number of hydrogen-bond acceptors (Lipinski definition) is 24. The third kappa shape index (κ3) is 18.7. The highest BCUT2D eigenvalue weighted by Gasteiger charge is 2.47. The van der Waals surface area contributed by atoms with Crippen LogP contribution in [-0.4, -0.2) is 197 Å². The topological polar surface area (TPSA) is 456 Å². The number of rotatable bonds is 20. The third-order valence-electron chi connectivity index (χ3n) is 17.8. The van der Waals surface area contributed by atoms with Crippen molar-refractivity contribution in [2.75, 3.05) is 26.4 Å². The Labute approximate surface area is 606 Å². The fraction of sp³-hybridized carbons (Fsp3) is 0.412. The minimum atomic E-state index is -1.49. The van der Waals surface area contributed by atoms with Crippen molar-refractivity contribution in [1.29, 1.82) is 0 Å². The molecule has 4 aromatic carbocycles. The Morgan fingerprint density at radius 3 is 1.02 bits per heavy atom. The Morgan fingerprint density at radius 2 is 0.686 bits per heavy atom. The fourth-order valence-corrected chi connectivity index (χ4v) is 12.4. The summed E-state index contributed by atoms with van der Waals surface area (Å²) in [6, 6.07) is 28.9. The summed E-state index contributed by atoms with van der Waals surface area (Å²) >= 11 is 17.9. The summed E-state index contributed by atoms with van der Waals surface area (Å²) in [5.74, 6) is -1.53. The number of aryl methyl sites for hydroxylation is 4. The first-order chi connectivity index (χ1) is 50.1. The lowest BCUT2D eigenvalue weighted by molar-refractivity contribution is -0.0556. The molecule has 8 aromatic rings. The summed E-state index contributed by atoms with van der Waals surface area (Å²) in [5.41, 5.74) is -2.26. The number of nitrogens with zero attached hydrogens (tertiary/aromatic N) is 8. The van der Waals surface area contributed by atoms with Crippen LogP contribution in [0.15, 0.2) is 178 Å². The summed E-state index contributed by atoms with van der Waals surface area (Å²) in [7, 11) is 0. The fourth-order valence-electron chi connectivity index (χ4n) is 11.9. The van der Waals surface area contributed by atoms with Crippen molar-refractivity contribution in [2.45, 2.75) is 150 Å². The van der Waals surface area contributed by atoms with Crippen LogP contribution in [0, 0.1) is 11.6 Å². The smallest absolute Gasteiger partial charge is 0.333 e. The van der Waals surface area contributed by atoms with E-state index in [0.29, 0.717) is 40.4 Å². The first-order valence-corrected chi connectivity index (χ1v) is 33.7. The van der Waals surface area contributed by atoms with Crippen LogP contribution in [0.3, 0.4) is 0 Å². The standard InChI is InChI=1S/3C17H19ClN2O6.C17H18F2N2O6/c18-11-3-1-10(2-4-11)5-7-19-13(22)6-8-20(17(19)25)16-15(24)14(23)12(9-21)26-16;18-11-3-1-2-10(8-11)4-6-19-13(22)5-7-20(17(19)25)16-15(24)14(23)12(9-21)26-16;18-11-4-2-1-3-10(11)5-7-19-13(22)6-8-20(17(19)25)16-15(24)14(23)12(9-21)26-16;18-10-2-1-9(11(19)7-10)3-5-20-13(23)4-6-21(17(20)26)16-15(25)14(24)12(8-22)27-16/h1-4,6,8,12,14-16,21,23-24H,5,7,9H2;1-3,5,7-8,12,14-16,21,23-24H,4,6,9H2;1-4,6,8,12,14-16,21,23-24H,5,7,9H2;1-2,4,6-7,12,14-16,22,24-25H,3,5,8H2/t4*12-,14+,15?,16-/m1111/s1. The molecule has 12 rings (SSSR count). The van der Waals surface area contributed by atoms with E-state index in [2.05, 4.69) is 0 Å². The van der Waals surface area contributed by atoms with Crippen LogP contribution in [0.1, 0.15) is 47.2 Å². The second kappa shape index (κ2) is 36.3. The van der Waals surface area contributed by atoms with Crippen molar-refractivity contribution in [3.05, 3.63) is 272 Å². The van der Waals surface area contributed by atoms with E-state index < -0.39 is 181 Å². The molecule has 4 aliphatic heterocycles. The van der Waals surface area contributed by atoms with Gasteiger partial charge in [-0.25, -0.2) is 28.0 Å². The molecule has 0 saturated carbocycles. The monoisotopic (exact) mass is 1530 g/mol. The Kier molecular flexibility index (Phi) is 27.9. The van der Waals surface area contributed by atoms with Crippen LogP contribution in [0.25, 0.3) is 0 Å². The van der Waals surface area contributed by atoms with Crippen molar-refractivity contribution >= 4 is 34.8 Å². The van der Waals surface area contributed by atoms with Crippen molar-refractivity contribution in [3.8, 4) is 0 Å². The number of benzene rings is 4. The summed E-state index contributed by atoms with van der Waals surface area (Å²) in [6.07, 6.45) is -14.1. The first kappa shape index (κ1) is 80.8. The highest BCUT2D eigenvalue weighted by molar-refractivity contribution is 6.31. The Hall–Kier alpha value is -8.31. The second-order valence-corrected chi connectivity index (χ2v) is 25.8. The summed E-state index contributed by atoms with van der Waals surface area (Å²) in [4.78, 5) is 99.0. The maximum Gasteiger partial charge on any atom is 0.333 e. The molecule has 16 atom stereocenters. The molecule has 37 heteroatoms. The first-order valence-electron chi connectivity index (χ1n) is 32.6. The van der Waals surface area contributed by atoms with E-state index in [4.69, 9.17) is 64.0 Å². The molecule has 4 unspecified atom stereocenters. The van der Waals surface area contributed by atoms with Crippen molar-refractivity contribution in [1.82, 2.24) is 36.5 Å². The molecule has 0 aliphatic carbocycles. The van der Waals surface area contributed by atoms with Gasteiger partial charge in [0.1, 0.15) is 84.9 Å². The maximum atomic E-state index is 13.7. The maximum absolute atomic E-state index is 13.7. The lowest BCUT2D eigenvalue weighted by Gasteiger charge is -2.18. The molecular weight excluding hydrogens is 1460 g/mol. The number of ether oxygens (including phenoxy) is 4. The molecule has 105 heavy (non-hydrogen) atoms. The van der Waals surface area contributed by atoms with Crippen molar-refractivity contribution < 1.29 is 89.0 Å². The second-order valence-electron chi connectivity index (χ2n) is 24.5. The van der Waals surface area contributed by atoms with Gasteiger partial charge in [0.25, 0.3) is 22.2 Å². The quantitative estimate of drug-likeness (QED) is 0.0382. The van der Waals surface area contributed by atoms with Gasteiger partial charge in [0.15, 0.2) is 24.9 Å². The third-order valence-corrected chi connectivity index (χ3v) is 18.6. The van der Waals surface area contributed by atoms with Gasteiger partial charge in [-0.2, -0.15) is 0 Å². The zero-order valence-corrected chi connectivity index (χ0v) is 57.5. The van der Waals surface area contributed by atoms with Crippen LogP contribution < -0.4 is 45.0 Å². The van der Waals surface area contributed by atoms with Crippen LogP contribution in [0.5, 0.6) is 0 Å². The molecule has 0 bridgehead atoms. The molecular formula is C68H75Cl3F2N8O24. The number of hydrogen-bond donors (Lipinski definition) is 12. The van der Waals surface area contributed by atoms with Crippen molar-refractivity contribution in [2.24, 2.45) is 0 Å². The van der Waals surface area contributed by atoms with Crippen LogP contribution in [0.4, 0.5) is 8.78 Å². The Morgan fingerprint density at radius 1 is 0.343 bits per heavy atom. The van der Waals surface area contributed by atoms with E-state index >= 15 is 0 Å². The number of aliphatic hydroxyl groups is 12. The Balaban J connectivity index is 0.000000162. The van der Waals surface area contributed by atoms with E-state index in [1.807, 2.05) is 12.1 Å². The Bertz CT molecular complexity index is 4810. The molecule has 4 fully saturated rings. The highest BCUT2D eigenvalue weighted by Crippen LogP contribution is 2.32. The van der Waals surface area contributed by atoms with Gasteiger partial charge in [-0.1, -0.05) is 83.3 Å². The van der Waals surface area contributed by atoms with Gasteiger partial charge in [-0.3, -0.25) is 55.7 Å². The molecule has 0 radical (unpaired) electrons. The molecule has 8 heterocycles. The molecule has 4 aromatic heterocycles. The van der Waals surface area contributed by atoms with Gasteiger partial charge in [0.05, 0.1) is 26.4 Å². The normalized spacial score (nSPS) is 25.4. The average molecular weight is 1530 g/mol. The minimum absolute atomic E-state index is 0.0404. The van der Waals surface area contributed by atoms with E-state index in [1.165, 1.54) is 42.9 Å². The lowest BCUT2D eigenvalue weighted by Crippen LogP contribution is -2.43. The predicted octanol–water partition coefficient (Wildman–Crippen LogP) is -2.30. The number of halogens is 5. The van der Waals surface area contributed by atoms with E-state index in [-0.39, 0.29) is 38.2 Å². The molecule has 4 aliphatic rings. The molecule has 566 valence electrons. The van der Waals surface area contributed by atoms with Gasteiger partial charge in [0, 0.05) is 96.4 Å². The van der Waals surface area contributed by atoms with Crippen LogP contribution in [0.2, 0.25) is 15.1 Å². The number of aliphatic hydroxyl groups excluding tert-OH is 12. The van der Waals surface area contributed by atoms with Gasteiger partial charge >= 0.3 is 22.8 Å². The van der Waals surface area contributed by atoms with E-state index in [0.717, 1.165) is 71.6 Å². The van der Waals surface area contributed by atoms with Crippen LogP contribution >= 0.6 is 34.8 Å². The zero-order valence-electron chi connectivity index (χ0n) is 55.2. The molecule has 0 amide bonds. The van der Waals surface area contributed by atoms with Gasteiger partial charge in [-0.05, 0) is 84.3 Å². The van der Waals surface area contributed by atoms with Gasteiger partial charge < -0.3 is 80.2 Å². The summed E-state index contributed by atoms with van der Waals surface area (Å²) < 4.78 is 56.0. The number of aromatic nitrogens is 8. The van der Waals surface area contributed by atoms with Gasteiger partial charge in [0.2, 0.25) is 0 Å². The zero-order chi connectivity index (χ0) is 76.2. The van der Waals surface area contributed by atoms with E-state index in [9.17, 15) is 98.2 Å². The van der Waals surface area contributed by atoms with Crippen molar-refractivity contribution in [3.63, 3.8) is 0 Å². The average Bonchev–Trinajstić information content (AvgIpc) is 1.69. The highest BCUT2D eigenvalue weighted by atomic mass is 35.5. The molecule has 12 N–H and O–H groups in total. The predicted molar refractivity (Wildman–Crippen MR) is 367 cm³/mol. The minimum Gasteiger partial charge on any atom is -0.394 e. The molecule has 32 nitrogen and oxygen atoms in total. The SMILES string of the molecule is O=c1ccn([C@@H]2O[C@H](CO)[C@H](O)C2O)c(=O)n1CCc1ccc(Cl)cc1.O=c1ccn([C@@H]2O[C@H](CO)[C@H](O)C2O)c(=O)n1CCc1ccc(F)cc1F.O=c1ccn([C@@H]2O[C@H](CO)[C@H](O)C2O)c(=O)n1CCc1cccc(Cl)c1.O=c1ccn([C@@H]2O[C@H](CO)[C@H](O)C2O)c(=O)n1CCc1ccccc1Cl. The lowest BCUT2D eigenvalue weighted by atomic mass is 10.1. The summed E-state index contributed by atoms with van der Waals surface area (Å²) in [5, 5.41) is 118. The molecule has 4 saturated heterocycles. The van der Waals surface area contributed by atoms with Gasteiger partial charge in [-0.15, -0.1) is 0 Å². The largest absolute Gasteiger partial charge is 0.394 e. The van der Waals surface area contributed by atoms with E-state index in [1.54, 1.807) is 60.7 Å². The van der Waals surface area contributed by atoms with Crippen LogP contribution in [-0.2, 0) is 70.8 Å². The summed E-state index contributed by atoms with van der Waals surface area (Å²) in [6.45, 7) is -1.91. The molecule has 0 spiro atoms.